The Kier molecular flexibility index (Phi) is 5.83. The molecule has 1 aliphatic heterocycles. The lowest BCUT2D eigenvalue weighted by molar-refractivity contribution is 0.0941. The van der Waals surface area contributed by atoms with E-state index in [-0.39, 0.29) is 11.7 Å². The Morgan fingerprint density at radius 2 is 2.23 bits per heavy atom. The largest absolute Gasteiger partial charge is 0.507 e. The molecule has 1 saturated heterocycles. The second kappa shape index (κ2) is 7.63. The van der Waals surface area contributed by atoms with E-state index in [4.69, 9.17) is 0 Å². The molecule has 1 fully saturated rings. The maximum absolute atomic E-state index is 12.2. The molecule has 1 aliphatic rings. The fourth-order valence-electron chi connectivity index (χ4n) is 3.01. The molecular weight excluding hydrogens is 276 g/mol. The molecule has 2 rings (SSSR count). The van der Waals surface area contributed by atoms with Crippen molar-refractivity contribution in [2.75, 3.05) is 26.2 Å². The fraction of sp³-hybridized carbons (Fsp3) is 0.611. The first kappa shape index (κ1) is 16.8. The first-order chi connectivity index (χ1) is 10.5. The molecule has 122 valence electrons. The number of hydrogen-bond donors (Lipinski definition) is 2. The molecule has 1 amide bonds. The van der Waals surface area contributed by atoms with Crippen LogP contribution in [0.15, 0.2) is 18.2 Å². The van der Waals surface area contributed by atoms with Crippen molar-refractivity contribution in [3.8, 4) is 5.75 Å². The van der Waals surface area contributed by atoms with Gasteiger partial charge in [0.1, 0.15) is 5.75 Å². The summed E-state index contributed by atoms with van der Waals surface area (Å²) in [6.07, 6.45) is 2.55. The minimum absolute atomic E-state index is 0.0651. The highest BCUT2D eigenvalue weighted by atomic mass is 16.3. The van der Waals surface area contributed by atoms with Gasteiger partial charge in [-0.3, -0.25) is 4.79 Å². The number of nitrogens with zero attached hydrogens (tertiary/aromatic N) is 1. The molecule has 4 nitrogen and oxygen atoms in total. The molecule has 1 atom stereocenters. The number of aromatic hydroxyl groups is 1. The van der Waals surface area contributed by atoms with Gasteiger partial charge in [-0.15, -0.1) is 0 Å². The zero-order valence-electron chi connectivity index (χ0n) is 13.9. The average molecular weight is 304 g/mol. The van der Waals surface area contributed by atoms with Crippen LogP contribution in [0.1, 0.15) is 55.5 Å². The summed E-state index contributed by atoms with van der Waals surface area (Å²) >= 11 is 0. The van der Waals surface area contributed by atoms with Crippen LogP contribution in [0.4, 0.5) is 0 Å². The van der Waals surface area contributed by atoms with Crippen molar-refractivity contribution in [2.24, 2.45) is 5.92 Å². The van der Waals surface area contributed by atoms with E-state index in [1.807, 2.05) is 6.07 Å². The third-order valence-corrected chi connectivity index (χ3v) is 4.39. The van der Waals surface area contributed by atoms with Gasteiger partial charge in [0.2, 0.25) is 0 Å². The van der Waals surface area contributed by atoms with Crippen molar-refractivity contribution in [1.29, 1.82) is 0 Å². The van der Waals surface area contributed by atoms with Gasteiger partial charge in [0.25, 0.3) is 5.91 Å². The zero-order valence-corrected chi connectivity index (χ0v) is 13.9. The number of nitrogens with one attached hydrogen (secondary N) is 1. The van der Waals surface area contributed by atoms with Crippen LogP contribution in [-0.2, 0) is 0 Å². The summed E-state index contributed by atoms with van der Waals surface area (Å²) in [6, 6.07) is 5.31. The quantitative estimate of drug-likeness (QED) is 0.879. The predicted molar refractivity (Wildman–Crippen MR) is 89.4 cm³/mol. The molecular formula is C18H28N2O2. The first-order valence-corrected chi connectivity index (χ1v) is 8.31. The van der Waals surface area contributed by atoms with E-state index in [1.54, 1.807) is 12.1 Å². The van der Waals surface area contributed by atoms with E-state index in [2.05, 4.69) is 31.0 Å². The second-order valence-electron chi connectivity index (χ2n) is 6.74. The van der Waals surface area contributed by atoms with Crippen LogP contribution in [0, 0.1) is 5.92 Å². The van der Waals surface area contributed by atoms with Crippen molar-refractivity contribution < 1.29 is 9.90 Å². The van der Waals surface area contributed by atoms with Gasteiger partial charge in [-0.05, 0) is 48.9 Å². The molecule has 1 heterocycles. The van der Waals surface area contributed by atoms with Crippen LogP contribution in [0.3, 0.4) is 0 Å². The summed E-state index contributed by atoms with van der Waals surface area (Å²) in [5, 5.41) is 12.9. The Balaban J connectivity index is 1.84. The van der Waals surface area contributed by atoms with Gasteiger partial charge >= 0.3 is 0 Å². The standard InChI is InChI=1S/C18H28N2O2/c1-13(2)15-6-7-16(17(21)11-15)18(22)19-8-10-20-9-4-5-14(3)12-20/h6-7,11,13-14,21H,4-5,8-10,12H2,1-3H3,(H,19,22). The Labute approximate surface area is 133 Å². The van der Waals surface area contributed by atoms with E-state index >= 15 is 0 Å². The summed E-state index contributed by atoms with van der Waals surface area (Å²) in [6.45, 7) is 10.1. The Hall–Kier alpha value is -1.55. The number of piperidine rings is 1. The smallest absolute Gasteiger partial charge is 0.255 e. The maximum Gasteiger partial charge on any atom is 0.255 e. The van der Waals surface area contributed by atoms with Gasteiger partial charge in [-0.1, -0.05) is 26.8 Å². The summed E-state index contributed by atoms with van der Waals surface area (Å²) in [4.78, 5) is 14.6. The molecule has 0 radical (unpaired) electrons. The summed E-state index contributed by atoms with van der Waals surface area (Å²) in [5.41, 5.74) is 1.40. The van der Waals surface area contributed by atoms with Gasteiger partial charge in [0.15, 0.2) is 0 Å². The number of likely N-dealkylation sites (tertiary alicyclic amines) is 1. The number of phenolic OH excluding ortho intramolecular Hbond substituents is 1. The van der Waals surface area contributed by atoms with Crippen LogP contribution in [0.5, 0.6) is 5.75 Å². The number of amides is 1. The number of carbonyl (C=O) groups is 1. The van der Waals surface area contributed by atoms with E-state index in [0.29, 0.717) is 18.0 Å². The van der Waals surface area contributed by atoms with Crippen molar-refractivity contribution in [3.63, 3.8) is 0 Å². The van der Waals surface area contributed by atoms with E-state index in [0.717, 1.165) is 31.1 Å². The van der Waals surface area contributed by atoms with Crippen LogP contribution in [0.25, 0.3) is 0 Å². The molecule has 0 bridgehead atoms. The lowest BCUT2D eigenvalue weighted by atomic mass is 10.0. The zero-order chi connectivity index (χ0) is 16.1. The number of carbonyl (C=O) groups excluding carboxylic acids is 1. The van der Waals surface area contributed by atoms with Gasteiger partial charge < -0.3 is 15.3 Å². The molecule has 2 N–H and O–H groups in total. The number of hydrogen-bond acceptors (Lipinski definition) is 3. The number of benzene rings is 1. The molecule has 22 heavy (non-hydrogen) atoms. The van der Waals surface area contributed by atoms with Crippen molar-refractivity contribution >= 4 is 5.91 Å². The van der Waals surface area contributed by atoms with Crippen LogP contribution >= 0.6 is 0 Å². The van der Waals surface area contributed by atoms with Crippen molar-refractivity contribution in [1.82, 2.24) is 10.2 Å². The normalized spacial score (nSPS) is 19.4. The maximum atomic E-state index is 12.2. The van der Waals surface area contributed by atoms with E-state index in [9.17, 15) is 9.90 Å². The topological polar surface area (TPSA) is 52.6 Å². The third kappa shape index (κ3) is 4.47. The van der Waals surface area contributed by atoms with Gasteiger partial charge in [0, 0.05) is 19.6 Å². The molecule has 0 aliphatic carbocycles. The number of rotatable bonds is 5. The lowest BCUT2D eigenvalue weighted by Gasteiger charge is -2.30. The van der Waals surface area contributed by atoms with E-state index < -0.39 is 0 Å². The second-order valence-corrected chi connectivity index (χ2v) is 6.74. The fourth-order valence-corrected chi connectivity index (χ4v) is 3.01. The summed E-state index contributed by atoms with van der Waals surface area (Å²) in [5.74, 6) is 0.953. The highest BCUT2D eigenvalue weighted by Crippen LogP contribution is 2.23. The monoisotopic (exact) mass is 304 g/mol. The third-order valence-electron chi connectivity index (χ3n) is 4.39. The van der Waals surface area contributed by atoms with Crippen molar-refractivity contribution in [2.45, 2.75) is 39.5 Å². The van der Waals surface area contributed by atoms with Gasteiger partial charge in [-0.25, -0.2) is 0 Å². The van der Waals surface area contributed by atoms with Gasteiger partial charge in [-0.2, -0.15) is 0 Å². The molecule has 0 aromatic heterocycles. The number of phenols is 1. The molecule has 1 aromatic rings. The highest BCUT2D eigenvalue weighted by Gasteiger charge is 2.17. The summed E-state index contributed by atoms with van der Waals surface area (Å²) in [7, 11) is 0. The van der Waals surface area contributed by atoms with Crippen LogP contribution in [-0.4, -0.2) is 42.1 Å². The average Bonchev–Trinajstić information content (AvgIpc) is 2.47. The summed E-state index contributed by atoms with van der Waals surface area (Å²) < 4.78 is 0. The first-order valence-electron chi connectivity index (χ1n) is 8.31. The predicted octanol–water partition coefficient (Wildman–Crippen LogP) is 2.98. The Bertz CT molecular complexity index is 514. The molecule has 1 aromatic carbocycles. The Morgan fingerprint density at radius 3 is 2.86 bits per heavy atom. The SMILES string of the molecule is CC1CCCN(CCNC(=O)c2ccc(C(C)C)cc2O)C1. The van der Waals surface area contributed by atoms with Crippen LogP contribution < -0.4 is 5.32 Å². The molecule has 4 heteroatoms. The minimum atomic E-state index is -0.196. The van der Waals surface area contributed by atoms with Crippen molar-refractivity contribution in [3.05, 3.63) is 29.3 Å². The minimum Gasteiger partial charge on any atom is -0.507 e. The van der Waals surface area contributed by atoms with Gasteiger partial charge in [0.05, 0.1) is 5.56 Å². The molecule has 0 saturated carbocycles. The van der Waals surface area contributed by atoms with E-state index in [1.165, 1.54) is 12.8 Å². The highest BCUT2D eigenvalue weighted by molar-refractivity contribution is 5.96. The Morgan fingerprint density at radius 1 is 1.45 bits per heavy atom. The lowest BCUT2D eigenvalue weighted by Crippen LogP contribution is -2.40. The molecule has 1 unspecified atom stereocenters. The van der Waals surface area contributed by atoms with Crippen LogP contribution in [0.2, 0.25) is 0 Å². The molecule has 0 spiro atoms.